The number of hydrogen-bond acceptors (Lipinski definition) is 5. The summed E-state index contributed by atoms with van der Waals surface area (Å²) in [5.74, 6) is 0. The van der Waals surface area contributed by atoms with Crippen molar-refractivity contribution in [1.82, 2.24) is 10.2 Å². The van der Waals surface area contributed by atoms with E-state index in [0.717, 1.165) is 5.13 Å². The zero-order valence-electron chi connectivity index (χ0n) is 7.88. The third kappa shape index (κ3) is 3.41. The number of anilines is 1. The van der Waals surface area contributed by atoms with Crippen molar-refractivity contribution in [2.45, 2.75) is 19.4 Å². The molecule has 1 rings (SSSR count). The monoisotopic (exact) mass is 219 g/mol. The Morgan fingerprint density at radius 1 is 1.69 bits per heavy atom. The predicted molar refractivity (Wildman–Crippen MR) is 56.9 cm³/mol. The molecule has 0 saturated carbocycles. The Balaban J connectivity index is 2.62. The van der Waals surface area contributed by atoms with Crippen molar-refractivity contribution in [3.63, 3.8) is 0 Å². The van der Waals surface area contributed by atoms with E-state index in [4.69, 9.17) is 17.0 Å². The van der Waals surface area contributed by atoms with Crippen LogP contribution in [0.25, 0.3) is 0 Å². The Kier molecular flexibility index (Phi) is 3.40. The molecule has 1 aromatic rings. The van der Waals surface area contributed by atoms with E-state index in [9.17, 15) is 0 Å². The molecular weight excluding hydrogens is 206 g/mol. The predicted octanol–water partition coefficient (Wildman–Crippen LogP) is 2.04. The highest BCUT2D eigenvalue weighted by Gasteiger charge is 2.18. The van der Waals surface area contributed by atoms with Gasteiger partial charge in [0, 0.05) is 7.11 Å². The second-order valence-electron chi connectivity index (χ2n) is 3.36. The summed E-state index contributed by atoms with van der Waals surface area (Å²) in [7, 11) is 1.68. The molecule has 0 aliphatic heterocycles. The van der Waals surface area contributed by atoms with Gasteiger partial charge in [0.25, 0.3) is 0 Å². The fourth-order valence-electron chi connectivity index (χ4n) is 0.970. The van der Waals surface area contributed by atoms with Crippen LogP contribution in [0.2, 0.25) is 0 Å². The van der Waals surface area contributed by atoms with Crippen LogP contribution < -0.4 is 5.32 Å². The van der Waals surface area contributed by atoms with Crippen molar-refractivity contribution in [2.75, 3.05) is 19.0 Å². The SMILES string of the molecule is COCC(C)(C)Nc1n[nH]c(=S)s1. The van der Waals surface area contributed by atoms with Gasteiger partial charge in [0.1, 0.15) is 0 Å². The number of ether oxygens (including phenoxy) is 1. The van der Waals surface area contributed by atoms with E-state index in [1.165, 1.54) is 11.3 Å². The largest absolute Gasteiger partial charge is 0.382 e. The van der Waals surface area contributed by atoms with Crippen LogP contribution in [0.5, 0.6) is 0 Å². The lowest BCUT2D eigenvalue weighted by molar-refractivity contribution is 0.158. The number of aromatic amines is 1. The summed E-state index contributed by atoms with van der Waals surface area (Å²) in [5, 5.41) is 10.7. The highest BCUT2D eigenvalue weighted by Crippen LogP contribution is 2.17. The summed E-state index contributed by atoms with van der Waals surface area (Å²) in [6.07, 6.45) is 0. The number of rotatable bonds is 4. The molecule has 0 bridgehead atoms. The van der Waals surface area contributed by atoms with E-state index in [0.29, 0.717) is 10.6 Å². The van der Waals surface area contributed by atoms with E-state index in [1.807, 2.05) is 13.8 Å². The molecule has 0 unspecified atom stereocenters. The molecule has 6 heteroatoms. The lowest BCUT2D eigenvalue weighted by Crippen LogP contribution is -2.35. The standard InChI is InChI=1S/C7H13N3OS2/c1-7(2,4-11-3)8-5-9-10-6(12)13-5/h4H2,1-3H3,(H,8,9)(H,10,12). The highest BCUT2D eigenvalue weighted by atomic mass is 32.1. The first-order valence-corrected chi connectivity index (χ1v) is 5.08. The van der Waals surface area contributed by atoms with Crippen molar-refractivity contribution in [2.24, 2.45) is 0 Å². The summed E-state index contributed by atoms with van der Waals surface area (Å²) in [4.78, 5) is 0. The third-order valence-electron chi connectivity index (χ3n) is 1.39. The zero-order valence-corrected chi connectivity index (χ0v) is 9.51. The molecule has 1 heterocycles. The van der Waals surface area contributed by atoms with E-state index in [2.05, 4.69) is 15.5 Å². The second-order valence-corrected chi connectivity index (χ2v) is 5.03. The van der Waals surface area contributed by atoms with E-state index < -0.39 is 0 Å². The van der Waals surface area contributed by atoms with Gasteiger partial charge in [-0.3, -0.25) is 5.10 Å². The molecule has 0 fully saturated rings. The number of hydrogen-bond donors (Lipinski definition) is 2. The minimum atomic E-state index is -0.123. The van der Waals surface area contributed by atoms with Gasteiger partial charge >= 0.3 is 0 Å². The lowest BCUT2D eigenvalue weighted by atomic mass is 10.1. The molecule has 0 spiro atoms. The molecule has 0 aliphatic rings. The van der Waals surface area contributed by atoms with Crippen LogP contribution in [-0.4, -0.2) is 29.5 Å². The van der Waals surface area contributed by atoms with Crippen LogP contribution in [0.1, 0.15) is 13.8 Å². The Bertz CT molecular complexity index is 318. The zero-order chi connectivity index (χ0) is 9.90. The lowest BCUT2D eigenvalue weighted by Gasteiger charge is -2.24. The molecular formula is C7H13N3OS2. The molecule has 1 aromatic heterocycles. The van der Waals surface area contributed by atoms with E-state index in [1.54, 1.807) is 7.11 Å². The summed E-state index contributed by atoms with van der Waals surface area (Å²) in [5.41, 5.74) is -0.123. The third-order valence-corrected chi connectivity index (χ3v) is 2.39. The Hall–Kier alpha value is -0.460. The minimum Gasteiger partial charge on any atom is -0.382 e. The molecule has 4 nitrogen and oxygen atoms in total. The topological polar surface area (TPSA) is 49.9 Å². The highest BCUT2D eigenvalue weighted by molar-refractivity contribution is 7.73. The van der Waals surface area contributed by atoms with Gasteiger partial charge in [-0.15, -0.1) is 5.10 Å². The second kappa shape index (κ2) is 4.17. The molecule has 74 valence electrons. The molecule has 0 aromatic carbocycles. The molecule has 13 heavy (non-hydrogen) atoms. The van der Waals surface area contributed by atoms with Gasteiger partial charge in [-0.25, -0.2) is 0 Å². The fourth-order valence-corrected chi connectivity index (χ4v) is 1.94. The van der Waals surface area contributed by atoms with E-state index >= 15 is 0 Å². The number of aromatic nitrogens is 2. The first kappa shape index (κ1) is 10.6. The molecule has 0 amide bonds. The number of methoxy groups -OCH3 is 1. The summed E-state index contributed by atoms with van der Waals surface area (Å²) in [6, 6.07) is 0. The maximum atomic E-state index is 5.06. The van der Waals surface area contributed by atoms with Gasteiger partial charge < -0.3 is 10.1 Å². The van der Waals surface area contributed by atoms with Crippen LogP contribution in [0.4, 0.5) is 5.13 Å². The van der Waals surface area contributed by atoms with Crippen molar-refractivity contribution >= 4 is 28.7 Å². The average molecular weight is 219 g/mol. The quantitative estimate of drug-likeness (QED) is 0.761. The summed E-state index contributed by atoms with van der Waals surface area (Å²) in [6.45, 7) is 4.71. The maximum Gasteiger partial charge on any atom is 0.204 e. The van der Waals surface area contributed by atoms with Crippen LogP contribution in [0.15, 0.2) is 0 Å². The van der Waals surface area contributed by atoms with Crippen molar-refractivity contribution in [3.05, 3.63) is 3.95 Å². The fraction of sp³-hybridized carbons (Fsp3) is 0.714. The van der Waals surface area contributed by atoms with Gasteiger partial charge in [0.15, 0.2) is 3.95 Å². The van der Waals surface area contributed by atoms with Crippen molar-refractivity contribution < 1.29 is 4.74 Å². The Morgan fingerprint density at radius 2 is 2.38 bits per heavy atom. The molecule has 0 aliphatic carbocycles. The molecule has 0 saturated heterocycles. The summed E-state index contributed by atoms with van der Waals surface area (Å²) >= 11 is 6.34. The smallest absolute Gasteiger partial charge is 0.204 e. The molecule has 0 radical (unpaired) electrons. The van der Waals surface area contributed by atoms with Gasteiger partial charge in [0.2, 0.25) is 5.13 Å². The molecule has 0 atom stereocenters. The Labute approximate surface area is 86.3 Å². The van der Waals surface area contributed by atoms with Crippen molar-refractivity contribution in [1.29, 1.82) is 0 Å². The van der Waals surface area contributed by atoms with Gasteiger partial charge in [-0.2, -0.15) is 0 Å². The number of nitrogens with one attached hydrogen (secondary N) is 2. The first-order chi connectivity index (χ1) is 6.03. The van der Waals surface area contributed by atoms with Crippen LogP contribution in [0.3, 0.4) is 0 Å². The van der Waals surface area contributed by atoms with E-state index in [-0.39, 0.29) is 5.54 Å². The first-order valence-electron chi connectivity index (χ1n) is 3.86. The van der Waals surface area contributed by atoms with Crippen LogP contribution in [-0.2, 0) is 4.74 Å². The van der Waals surface area contributed by atoms with Gasteiger partial charge in [0.05, 0.1) is 12.1 Å². The average Bonchev–Trinajstić information content (AvgIpc) is 2.34. The van der Waals surface area contributed by atoms with Crippen LogP contribution >= 0.6 is 23.6 Å². The minimum absolute atomic E-state index is 0.123. The molecule has 2 N–H and O–H groups in total. The summed E-state index contributed by atoms with van der Waals surface area (Å²) < 4.78 is 5.74. The maximum absolute atomic E-state index is 5.06. The van der Waals surface area contributed by atoms with Crippen LogP contribution in [0, 0.1) is 3.95 Å². The Morgan fingerprint density at radius 3 is 2.85 bits per heavy atom. The normalized spacial score (nSPS) is 11.6. The van der Waals surface area contributed by atoms with Gasteiger partial charge in [-0.1, -0.05) is 11.3 Å². The number of nitrogens with zero attached hydrogens (tertiary/aromatic N) is 1. The number of H-pyrrole nitrogens is 1. The van der Waals surface area contributed by atoms with Crippen molar-refractivity contribution in [3.8, 4) is 0 Å². The van der Waals surface area contributed by atoms with Gasteiger partial charge in [-0.05, 0) is 26.1 Å².